The molecule has 1 aromatic heterocycles. The second-order valence-corrected chi connectivity index (χ2v) is 6.66. The molecule has 2 heterocycles. The van der Waals surface area contributed by atoms with Gasteiger partial charge in [-0.25, -0.2) is 4.79 Å². The smallest absolute Gasteiger partial charge is 0.317 e. The van der Waals surface area contributed by atoms with Gasteiger partial charge in [0.1, 0.15) is 0 Å². The zero-order valence-electron chi connectivity index (χ0n) is 14.5. The van der Waals surface area contributed by atoms with E-state index >= 15 is 0 Å². The van der Waals surface area contributed by atoms with Gasteiger partial charge in [-0.3, -0.25) is 0 Å². The van der Waals surface area contributed by atoms with Crippen molar-refractivity contribution in [3.05, 3.63) is 36.0 Å². The topological polar surface area (TPSA) is 60.2 Å². The number of aromatic nitrogens is 1. The number of para-hydroxylation sites is 1. The first kappa shape index (κ1) is 16.8. The molecule has 0 atom stereocenters. The third-order valence-corrected chi connectivity index (χ3v) is 5.05. The Morgan fingerprint density at radius 1 is 1.25 bits per heavy atom. The van der Waals surface area contributed by atoms with Gasteiger partial charge in [0.05, 0.1) is 0 Å². The van der Waals surface area contributed by atoms with Crippen LogP contribution in [0.2, 0.25) is 0 Å². The van der Waals surface area contributed by atoms with E-state index in [9.17, 15) is 4.79 Å². The molecule has 2 amide bonds. The maximum Gasteiger partial charge on any atom is 0.317 e. The van der Waals surface area contributed by atoms with Gasteiger partial charge in [-0.05, 0) is 56.8 Å². The van der Waals surface area contributed by atoms with Crippen LogP contribution in [0.4, 0.5) is 4.79 Å². The summed E-state index contributed by atoms with van der Waals surface area (Å²) in [7, 11) is 2.00. The van der Waals surface area contributed by atoms with Crippen molar-refractivity contribution in [2.45, 2.75) is 25.7 Å². The minimum absolute atomic E-state index is 0.0851. The number of nitrogens with zero attached hydrogens (tertiary/aromatic N) is 1. The largest absolute Gasteiger partial charge is 0.361 e. The number of rotatable bonds is 6. The number of H-pyrrole nitrogens is 1. The number of benzene rings is 1. The summed E-state index contributed by atoms with van der Waals surface area (Å²) < 4.78 is 0. The van der Waals surface area contributed by atoms with Crippen molar-refractivity contribution in [2.75, 3.05) is 33.2 Å². The summed E-state index contributed by atoms with van der Waals surface area (Å²) in [5, 5.41) is 7.53. The van der Waals surface area contributed by atoms with Crippen LogP contribution in [0.15, 0.2) is 30.5 Å². The Morgan fingerprint density at radius 2 is 2.04 bits per heavy atom. The number of hydrogen-bond donors (Lipinski definition) is 3. The quantitative estimate of drug-likeness (QED) is 0.763. The molecule has 1 fully saturated rings. The Bertz CT molecular complexity index is 658. The van der Waals surface area contributed by atoms with E-state index in [1.807, 2.05) is 24.2 Å². The number of piperidine rings is 1. The summed E-state index contributed by atoms with van der Waals surface area (Å²) in [5.74, 6) is 0.757. The second kappa shape index (κ2) is 8.20. The summed E-state index contributed by atoms with van der Waals surface area (Å²) in [6, 6.07) is 8.37. The fourth-order valence-corrected chi connectivity index (χ4v) is 3.53. The van der Waals surface area contributed by atoms with Gasteiger partial charge >= 0.3 is 6.03 Å². The molecule has 3 rings (SSSR count). The second-order valence-electron chi connectivity index (χ2n) is 6.66. The molecule has 0 unspecified atom stereocenters. The zero-order valence-corrected chi connectivity index (χ0v) is 14.5. The molecule has 0 bridgehead atoms. The van der Waals surface area contributed by atoms with Crippen LogP contribution in [0, 0.1) is 5.92 Å². The average molecular weight is 328 g/mol. The standard InChI is InChI=1S/C19H28N4O/c1-20-10-6-15-8-12-23(13-9-15)19(24)21-11-7-16-14-22-18-5-3-2-4-17(16)18/h2-5,14-15,20,22H,6-13H2,1H3,(H,21,24). The molecule has 1 aromatic carbocycles. The van der Waals surface area contributed by atoms with E-state index in [0.717, 1.165) is 50.3 Å². The maximum atomic E-state index is 12.3. The van der Waals surface area contributed by atoms with Crippen molar-refractivity contribution in [2.24, 2.45) is 5.92 Å². The Balaban J connectivity index is 1.42. The first-order valence-electron chi connectivity index (χ1n) is 9.00. The van der Waals surface area contributed by atoms with E-state index in [4.69, 9.17) is 0 Å². The van der Waals surface area contributed by atoms with Gasteiger partial charge in [-0.2, -0.15) is 0 Å². The van der Waals surface area contributed by atoms with E-state index < -0.39 is 0 Å². The molecule has 1 saturated heterocycles. The van der Waals surface area contributed by atoms with Gasteiger partial charge in [0.15, 0.2) is 0 Å². The number of carbonyl (C=O) groups excluding carboxylic acids is 1. The summed E-state index contributed by atoms with van der Waals surface area (Å²) >= 11 is 0. The van der Waals surface area contributed by atoms with E-state index in [0.29, 0.717) is 6.54 Å². The van der Waals surface area contributed by atoms with Crippen LogP contribution in [0.3, 0.4) is 0 Å². The number of urea groups is 1. The van der Waals surface area contributed by atoms with Crippen LogP contribution in [-0.4, -0.2) is 49.1 Å². The van der Waals surface area contributed by atoms with E-state index in [2.05, 4.69) is 33.8 Å². The highest BCUT2D eigenvalue weighted by Gasteiger charge is 2.22. The number of fused-ring (bicyclic) bond motifs is 1. The molecule has 5 heteroatoms. The van der Waals surface area contributed by atoms with Crippen molar-refractivity contribution in [1.29, 1.82) is 0 Å². The van der Waals surface area contributed by atoms with E-state index in [1.54, 1.807) is 0 Å². The van der Waals surface area contributed by atoms with Gasteiger partial charge in [-0.15, -0.1) is 0 Å². The monoisotopic (exact) mass is 328 g/mol. The molecular weight excluding hydrogens is 300 g/mol. The Hall–Kier alpha value is -2.01. The van der Waals surface area contributed by atoms with Crippen LogP contribution < -0.4 is 10.6 Å². The molecule has 1 aliphatic rings. The van der Waals surface area contributed by atoms with Crippen molar-refractivity contribution in [3.63, 3.8) is 0 Å². The molecular formula is C19H28N4O. The maximum absolute atomic E-state index is 12.3. The van der Waals surface area contributed by atoms with Crippen LogP contribution >= 0.6 is 0 Å². The van der Waals surface area contributed by atoms with Gasteiger partial charge < -0.3 is 20.5 Å². The number of nitrogens with one attached hydrogen (secondary N) is 3. The Kier molecular flexibility index (Phi) is 5.75. The molecule has 2 aromatic rings. The van der Waals surface area contributed by atoms with Gasteiger partial charge in [-0.1, -0.05) is 18.2 Å². The van der Waals surface area contributed by atoms with Gasteiger partial charge in [0.2, 0.25) is 0 Å². The number of hydrogen-bond acceptors (Lipinski definition) is 2. The fourth-order valence-electron chi connectivity index (χ4n) is 3.53. The minimum atomic E-state index is 0.0851. The van der Waals surface area contributed by atoms with Crippen LogP contribution in [0.25, 0.3) is 10.9 Å². The summed E-state index contributed by atoms with van der Waals surface area (Å²) in [6.07, 6.45) is 6.36. The zero-order chi connectivity index (χ0) is 16.8. The molecule has 1 aliphatic heterocycles. The van der Waals surface area contributed by atoms with Gasteiger partial charge in [0, 0.05) is 36.7 Å². The van der Waals surface area contributed by atoms with Crippen LogP contribution in [-0.2, 0) is 6.42 Å². The lowest BCUT2D eigenvalue weighted by atomic mass is 9.94. The minimum Gasteiger partial charge on any atom is -0.361 e. The van der Waals surface area contributed by atoms with Crippen molar-refractivity contribution in [3.8, 4) is 0 Å². The van der Waals surface area contributed by atoms with Crippen LogP contribution in [0.5, 0.6) is 0 Å². The molecule has 0 radical (unpaired) electrons. The predicted molar refractivity (Wildman–Crippen MR) is 98.2 cm³/mol. The van der Waals surface area contributed by atoms with Crippen molar-refractivity contribution in [1.82, 2.24) is 20.5 Å². The molecule has 0 spiro atoms. The highest BCUT2D eigenvalue weighted by Crippen LogP contribution is 2.20. The number of amides is 2. The number of carbonyl (C=O) groups is 1. The summed E-state index contributed by atoms with van der Waals surface area (Å²) in [6.45, 7) is 3.52. The lowest BCUT2D eigenvalue weighted by molar-refractivity contribution is 0.168. The van der Waals surface area contributed by atoms with Crippen molar-refractivity contribution < 1.29 is 4.79 Å². The number of aromatic amines is 1. The molecule has 5 nitrogen and oxygen atoms in total. The lowest BCUT2D eigenvalue weighted by Crippen LogP contribution is -2.45. The lowest BCUT2D eigenvalue weighted by Gasteiger charge is -2.32. The molecule has 3 N–H and O–H groups in total. The highest BCUT2D eigenvalue weighted by molar-refractivity contribution is 5.83. The highest BCUT2D eigenvalue weighted by atomic mass is 16.2. The van der Waals surface area contributed by atoms with Gasteiger partial charge in [0.25, 0.3) is 0 Å². The first-order valence-corrected chi connectivity index (χ1v) is 9.00. The normalized spacial score (nSPS) is 15.8. The third kappa shape index (κ3) is 4.09. The Labute approximate surface area is 143 Å². The third-order valence-electron chi connectivity index (χ3n) is 5.05. The molecule has 130 valence electrons. The molecule has 24 heavy (non-hydrogen) atoms. The number of likely N-dealkylation sites (tertiary alicyclic amines) is 1. The summed E-state index contributed by atoms with van der Waals surface area (Å²) in [5.41, 5.74) is 2.42. The van der Waals surface area contributed by atoms with Crippen LogP contribution in [0.1, 0.15) is 24.8 Å². The molecule has 0 saturated carbocycles. The SMILES string of the molecule is CNCCC1CCN(C(=O)NCCc2c[nH]c3ccccc23)CC1. The predicted octanol–water partition coefficient (Wildman–Crippen LogP) is 2.74. The molecule has 0 aliphatic carbocycles. The average Bonchev–Trinajstić information content (AvgIpc) is 3.03. The van der Waals surface area contributed by atoms with E-state index in [-0.39, 0.29) is 6.03 Å². The summed E-state index contributed by atoms with van der Waals surface area (Å²) in [4.78, 5) is 17.6. The Morgan fingerprint density at radius 3 is 2.83 bits per heavy atom. The van der Waals surface area contributed by atoms with E-state index in [1.165, 1.54) is 17.4 Å². The first-order chi connectivity index (χ1) is 11.8. The van der Waals surface area contributed by atoms with Crippen molar-refractivity contribution >= 4 is 16.9 Å². The fraction of sp³-hybridized carbons (Fsp3) is 0.526.